The Hall–Kier alpha value is 0.769. The summed E-state index contributed by atoms with van der Waals surface area (Å²) in [6.07, 6.45) is 5.54. The van der Waals surface area contributed by atoms with E-state index < -0.39 is 0 Å². The molecule has 0 aliphatic rings. The van der Waals surface area contributed by atoms with E-state index in [-0.39, 0.29) is 28.2 Å². The zero-order valence-corrected chi connectivity index (χ0v) is 12.2. The van der Waals surface area contributed by atoms with Crippen molar-refractivity contribution in [3.8, 4) is 0 Å². The van der Waals surface area contributed by atoms with Crippen molar-refractivity contribution >= 4 is 29.0 Å². The summed E-state index contributed by atoms with van der Waals surface area (Å²) < 4.78 is 0. The minimum Gasteiger partial charge on any atom is -0.300 e. The summed E-state index contributed by atoms with van der Waals surface area (Å²) >= 11 is 9.53. The number of unbranched alkanes of at least 4 members (excludes halogenated alkanes) is 3. The normalized spacial score (nSPS) is 7.00. The van der Waals surface area contributed by atoms with Crippen LogP contribution in [0.15, 0.2) is 0 Å². The molecule has 0 heterocycles. The van der Waals surface area contributed by atoms with Gasteiger partial charge in [0.2, 0.25) is 0 Å². The maximum atomic E-state index is 9.44. The number of hydrogen-bond acceptors (Lipinski definition) is 1. The summed E-state index contributed by atoms with van der Waals surface area (Å²) in [7, 11) is 0. The quantitative estimate of drug-likeness (QED) is 0.420. The van der Waals surface area contributed by atoms with Gasteiger partial charge in [0.15, 0.2) is 0 Å². The molecule has 90 valence electrons. The molecule has 0 aromatic heterocycles. The monoisotopic (exact) mass is 284 g/mol. The number of carbonyl (C=O) groups excluding carboxylic acids is 1. The predicted octanol–water partition coefficient (Wildman–Crippen LogP) is 4.60. The molecule has 0 aromatic carbocycles. The zero-order chi connectivity index (χ0) is 11.1. The van der Waals surface area contributed by atoms with Crippen molar-refractivity contribution in [3.63, 3.8) is 0 Å². The van der Waals surface area contributed by atoms with Crippen LogP contribution in [-0.4, -0.2) is 11.1 Å². The molecule has 0 spiro atoms. The van der Waals surface area contributed by atoms with Gasteiger partial charge in [0.05, 0.1) is 5.34 Å². The van der Waals surface area contributed by atoms with Gasteiger partial charge in [0.1, 0.15) is 5.78 Å². The standard InChI is InChI=1S/C6H14.C3H6O.CH2Cl2.Fe/c1-3-5-6-4-2;1-3(2)4;2-1-3;/h3-6H2,1-2H3;1-2H3;1H2;. The maximum Gasteiger partial charge on any atom is 0.126 e. The molecule has 0 radical (unpaired) electrons. The molecule has 1 nitrogen and oxygen atoms in total. The fraction of sp³-hybridized carbons (Fsp3) is 0.900. The van der Waals surface area contributed by atoms with Crippen LogP contribution in [0, 0.1) is 0 Å². The van der Waals surface area contributed by atoms with Crippen LogP contribution >= 0.6 is 23.2 Å². The molecule has 14 heavy (non-hydrogen) atoms. The number of Topliss-reactive ketones (excluding diaryl/α,β-unsaturated/α-hetero) is 1. The Morgan fingerprint density at radius 3 is 1.21 bits per heavy atom. The number of ketones is 1. The molecule has 0 aliphatic heterocycles. The molecule has 4 heteroatoms. The van der Waals surface area contributed by atoms with E-state index in [1.54, 1.807) is 0 Å². The first-order valence-electron chi connectivity index (χ1n) is 4.65. The molecule has 0 rings (SSSR count). The van der Waals surface area contributed by atoms with Crippen molar-refractivity contribution in [2.75, 3.05) is 5.34 Å². The van der Waals surface area contributed by atoms with Crippen molar-refractivity contribution in [2.45, 2.75) is 53.4 Å². The third kappa shape index (κ3) is 124. The molecule has 0 saturated heterocycles. The first kappa shape index (κ1) is 24.1. The molecule has 0 saturated carbocycles. The van der Waals surface area contributed by atoms with Crippen molar-refractivity contribution in [2.24, 2.45) is 0 Å². The average Bonchev–Trinajstić information content (AvgIpc) is 2.01. The smallest absolute Gasteiger partial charge is 0.126 e. The zero-order valence-electron chi connectivity index (χ0n) is 9.55. The second-order valence-electron chi connectivity index (χ2n) is 2.72. The number of hydrogen-bond donors (Lipinski definition) is 0. The van der Waals surface area contributed by atoms with Crippen molar-refractivity contribution in [3.05, 3.63) is 0 Å². The van der Waals surface area contributed by atoms with Gasteiger partial charge >= 0.3 is 0 Å². The maximum absolute atomic E-state index is 9.44. The van der Waals surface area contributed by atoms with Crippen LogP contribution in [0.2, 0.25) is 0 Å². The van der Waals surface area contributed by atoms with E-state index in [1.807, 2.05) is 0 Å². The van der Waals surface area contributed by atoms with Gasteiger partial charge in [-0.2, -0.15) is 0 Å². The van der Waals surface area contributed by atoms with E-state index in [9.17, 15) is 4.79 Å². The van der Waals surface area contributed by atoms with Crippen LogP contribution in [0.4, 0.5) is 0 Å². The van der Waals surface area contributed by atoms with Gasteiger partial charge in [-0.25, -0.2) is 0 Å². The molecule has 0 bridgehead atoms. The second-order valence-corrected chi connectivity index (χ2v) is 3.52. The van der Waals surface area contributed by atoms with Gasteiger partial charge in [-0.1, -0.05) is 39.5 Å². The van der Waals surface area contributed by atoms with E-state index in [4.69, 9.17) is 23.2 Å². The summed E-state index contributed by atoms with van der Waals surface area (Å²) in [6, 6.07) is 0. The molecule has 0 atom stereocenters. The van der Waals surface area contributed by atoms with Crippen LogP contribution in [0.3, 0.4) is 0 Å². The van der Waals surface area contributed by atoms with E-state index in [0.29, 0.717) is 0 Å². The van der Waals surface area contributed by atoms with E-state index in [2.05, 4.69) is 13.8 Å². The van der Waals surface area contributed by atoms with Crippen LogP contribution in [0.1, 0.15) is 53.4 Å². The second kappa shape index (κ2) is 29.2. The van der Waals surface area contributed by atoms with Crippen molar-refractivity contribution in [1.82, 2.24) is 0 Å². The van der Waals surface area contributed by atoms with Crippen molar-refractivity contribution in [1.29, 1.82) is 0 Å². The first-order valence-corrected chi connectivity index (χ1v) is 5.72. The Morgan fingerprint density at radius 2 is 1.14 bits per heavy atom. The van der Waals surface area contributed by atoms with E-state index >= 15 is 0 Å². The Bertz CT molecular complexity index is 82.2. The van der Waals surface area contributed by atoms with Gasteiger partial charge in [0, 0.05) is 17.1 Å². The number of alkyl halides is 2. The molecule has 0 unspecified atom stereocenters. The molecule has 0 aliphatic carbocycles. The number of halogens is 2. The average molecular weight is 285 g/mol. The van der Waals surface area contributed by atoms with Gasteiger partial charge in [-0.05, 0) is 13.8 Å². The van der Waals surface area contributed by atoms with E-state index in [0.717, 1.165) is 0 Å². The van der Waals surface area contributed by atoms with Gasteiger partial charge in [0.25, 0.3) is 0 Å². The van der Waals surface area contributed by atoms with Gasteiger partial charge in [-0.15, -0.1) is 23.2 Å². The molecule has 0 aromatic rings. The van der Waals surface area contributed by atoms with Crippen LogP contribution in [0.25, 0.3) is 0 Å². The fourth-order valence-electron chi connectivity index (χ4n) is 0.500. The first-order chi connectivity index (χ1) is 6.06. The van der Waals surface area contributed by atoms with Gasteiger partial charge < -0.3 is 4.79 Å². The molecular formula is C10H22Cl2FeO. The van der Waals surface area contributed by atoms with Crippen molar-refractivity contribution < 1.29 is 21.9 Å². The summed E-state index contributed by atoms with van der Waals surface area (Å²) in [6.45, 7) is 7.52. The summed E-state index contributed by atoms with van der Waals surface area (Å²) in [5, 5.41) is 0.194. The molecular weight excluding hydrogens is 263 g/mol. The third-order valence-corrected chi connectivity index (χ3v) is 0.957. The Morgan fingerprint density at radius 1 is 1.00 bits per heavy atom. The minimum absolute atomic E-state index is 0. The van der Waals surface area contributed by atoms with Crippen LogP contribution in [-0.2, 0) is 21.9 Å². The predicted molar refractivity (Wildman–Crippen MR) is 62.7 cm³/mol. The SMILES string of the molecule is CC(C)=O.CCCCCC.ClCCl.[Fe]. The topological polar surface area (TPSA) is 17.1 Å². The minimum atomic E-state index is 0. The van der Waals surface area contributed by atoms with Crippen LogP contribution < -0.4 is 0 Å². The summed E-state index contributed by atoms with van der Waals surface area (Å²) in [4.78, 5) is 9.44. The molecule has 0 fully saturated rings. The number of rotatable bonds is 3. The summed E-state index contributed by atoms with van der Waals surface area (Å²) in [5.41, 5.74) is 0. The number of carbonyl (C=O) groups is 1. The van der Waals surface area contributed by atoms with E-state index in [1.165, 1.54) is 39.5 Å². The largest absolute Gasteiger partial charge is 0.300 e. The Labute approximate surface area is 109 Å². The fourth-order valence-corrected chi connectivity index (χ4v) is 0.500. The molecule has 0 N–H and O–H groups in total. The Balaban J connectivity index is -0.0000000553. The third-order valence-electron chi connectivity index (χ3n) is 0.957. The summed E-state index contributed by atoms with van der Waals surface area (Å²) in [5.74, 6) is 0.167. The Kier molecular flexibility index (Phi) is 50.3. The molecule has 0 amide bonds. The van der Waals surface area contributed by atoms with Gasteiger partial charge in [-0.3, -0.25) is 0 Å². The van der Waals surface area contributed by atoms with Crippen LogP contribution in [0.5, 0.6) is 0 Å².